The summed E-state index contributed by atoms with van der Waals surface area (Å²) >= 11 is 5.20. The third-order valence-electron chi connectivity index (χ3n) is 2.45. The topological polar surface area (TPSA) is 54.7 Å². The quantitative estimate of drug-likeness (QED) is 0.840. The SMILES string of the molecule is CC(C)Sc1ccc(-c2nc(Br)[nH]c2CN)cc1. The second-order valence-electron chi connectivity index (χ2n) is 4.25. The van der Waals surface area contributed by atoms with E-state index in [0.717, 1.165) is 21.7 Å². The second kappa shape index (κ2) is 5.91. The third kappa shape index (κ3) is 3.16. The van der Waals surface area contributed by atoms with Gasteiger partial charge in [0, 0.05) is 22.3 Å². The van der Waals surface area contributed by atoms with Crippen LogP contribution in [-0.4, -0.2) is 15.2 Å². The summed E-state index contributed by atoms with van der Waals surface area (Å²) in [6.07, 6.45) is 0. The van der Waals surface area contributed by atoms with E-state index in [0.29, 0.717) is 11.8 Å². The summed E-state index contributed by atoms with van der Waals surface area (Å²) in [5.74, 6) is 0. The van der Waals surface area contributed by atoms with Crippen LogP contribution in [0.5, 0.6) is 0 Å². The van der Waals surface area contributed by atoms with Crippen LogP contribution in [0.4, 0.5) is 0 Å². The Morgan fingerprint density at radius 3 is 2.56 bits per heavy atom. The maximum atomic E-state index is 5.70. The largest absolute Gasteiger partial charge is 0.335 e. The molecule has 0 radical (unpaired) electrons. The van der Waals surface area contributed by atoms with Gasteiger partial charge in [-0.25, -0.2) is 4.98 Å². The summed E-state index contributed by atoms with van der Waals surface area (Å²) in [5, 5.41) is 0.593. The summed E-state index contributed by atoms with van der Waals surface area (Å²) in [7, 11) is 0. The van der Waals surface area contributed by atoms with E-state index in [4.69, 9.17) is 5.73 Å². The Morgan fingerprint density at radius 2 is 2.00 bits per heavy atom. The van der Waals surface area contributed by atoms with E-state index >= 15 is 0 Å². The van der Waals surface area contributed by atoms with E-state index in [1.165, 1.54) is 4.90 Å². The van der Waals surface area contributed by atoms with Crippen molar-refractivity contribution in [3.63, 3.8) is 0 Å². The van der Waals surface area contributed by atoms with Gasteiger partial charge >= 0.3 is 0 Å². The van der Waals surface area contributed by atoms with Crippen molar-refractivity contribution in [2.75, 3.05) is 0 Å². The Hall–Kier alpha value is -0.780. The van der Waals surface area contributed by atoms with Crippen LogP contribution >= 0.6 is 27.7 Å². The Bertz CT molecular complexity index is 520. The van der Waals surface area contributed by atoms with Crippen LogP contribution in [0.25, 0.3) is 11.3 Å². The monoisotopic (exact) mass is 325 g/mol. The van der Waals surface area contributed by atoms with E-state index in [1.54, 1.807) is 0 Å². The maximum absolute atomic E-state index is 5.70. The Labute approximate surface area is 120 Å². The Morgan fingerprint density at radius 1 is 1.33 bits per heavy atom. The van der Waals surface area contributed by atoms with Gasteiger partial charge in [0.05, 0.1) is 11.4 Å². The number of H-pyrrole nitrogens is 1. The van der Waals surface area contributed by atoms with Gasteiger partial charge in [0.25, 0.3) is 0 Å². The molecule has 2 rings (SSSR count). The van der Waals surface area contributed by atoms with Gasteiger partial charge in [-0.1, -0.05) is 26.0 Å². The third-order valence-corrected chi connectivity index (χ3v) is 3.84. The number of aromatic amines is 1. The summed E-state index contributed by atoms with van der Waals surface area (Å²) in [4.78, 5) is 8.81. The van der Waals surface area contributed by atoms with Crippen LogP contribution in [-0.2, 0) is 6.54 Å². The lowest BCUT2D eigenvalue weighted by molar-refractivity contribution is 1.01. The number of thioether (sulfide) groups is 1. The van der Waals surface area contributed by atoms with E-state index in [-0.39, 0.29) is 0 Å². The number of benzene rings is 1. The lowest BCUT2D eigenvalue weighted by Gasteiger charge is -2.06. The van der Waals surface area contributed by atoms with Gasteiger partial charge in [-0.3, -0.25) is 0 Å². The molecule has 5 heteroatoms. The van der Waals surface area contributed by atoms with Gasteiger partial charge in [-0.05, 0) is 28.1 Å². The fourth-order valence-corrected chi connectivity index (χ4v) is 2.98. The predicted octanol–water partition coefficient (Wildman–Crippen LogP) is 3.80. The van der Waals surface area contributed by atoms with Crippen LogP contribution in [0, 0.1) is 0 Å². The molecular weight excluding hydrogens is 310 g/mol. The van der Waals surface area contributed by atoms with Gasteiger partial charge in [-0.2, -0.15) is 0 Å². The molecule has 1 heterocycles. The molecular formula is C13H16BrN3S. The maximum Gasteiger partial charge on any atom is 0.175 e. The minimum atomic E-state index is 0.455. The fraction of sp³-hybridized carbons (Fsp3) is 0.308. The summed E-state index contributed by atoms with van der Waals surface area (Å²) < 4.78 is 0.721. The van der Waals surface area contributed by atoms with Gasteiger partial charge in [0.1, 0.15) is 0 Å². The highest BCUT2D eigenvalue weighted by Crippen LogP contribution is 2.28. The Balaban J connectivity index is 2.28. The number of rotatable bonds is 4. The van der Waals surface area contributed by atoms with Crippen molar-refractivity contribution in [3.8, 4) is 11.3 Å². The highest BCUT2D eigenvalue weighted by molar-refractivity contribution is 9.10. The van der Waals surface area contributed by atoms with Gasteiger partial charge in [0.2, 0.25) is 0 Å². The van der Waals surface area contributed by atoms with E-state index in [2.05, 4.69) is 64.0 Å². The van der Waals surface area contributed by atoms with Gasteiger partial charge < -0.3 is 10.7 Å². The van der Waals surface area contributed by atoms with E-state index in [1.807, 2.05) is 11.8 Å². The molecule has 1 aromatic carbocycles. The summed E-state index contributed by atoms with van der Waals surface area (Å²) in [6.45, 7) is 4.84. The number of hydrogen-bond donors (Lipinski definition) is 2. The normalized spacial score (nSPS) is 11.2. The molecule has 0 aliphatic heterocycles. The van der Waals surface area contributed by atoms with Crippen molar-refractivity contribution in [2.24, 2.45) is 5.73 Å². The highest BCUT2D eigenvalue weighted by atomic mass is 79.9. The molecule has 0 amide bonds. The number of nitrogens with two attached hydrogens (primary N) is 1. The van der Waals surface area contributed by atoms with Crippen LogP contribution in [0.2, 0.25) is 0 Å². The van der Waals surface area contributed by atoms with Gasteiger partial charge in [0.15, 0.2) is 4.73 Å². The van der Waals surface area contributed by atoms with E-state index < -0.39 is 0 Å². The molecule has 0 atom stereocenters. The predicted molar refractivity (Wildman–Crippen MR) is 80.6 cm³/mol. The molecule has 0 spiro atoms. The van der Waals surface area contributed by atoms with Crippen molar-refractivity contribution in [3.05, 3.63) is 34.7 Å². The van der Waals surface area contributed by atoms with Crippen molar-refractivity contribution in [1.29, 1.82) is 0 Å². The fourth-order valence-electron chi connectivity index (χ4n) is 1.73. The molecule has 3 N–H and O–H groups in total. The molecule has 0 aliphatic rings. The standard InChI is InChI=1S/C13H16BrN3S/c1-8(2)18-10-5-3-9(4-6-10)12-11(7-15)16-13(14)17-12/h3-6,8H,7,15H2,1-2H3,(H,16,17). The van der Waals surface area contributed by atoms with Crippen LogP contribution in [0.1, 0.15) is 19.5 Å². The summed E-state index contributed by atoms with van der Waals surface area (Å²) in [6, 6.07) is 8.44. The molecule has 2 aromatic rings. The lowest BCUT2D eigenvalue weighted by Crippen LogP contribution is -1.98. The first-order chi connectivity index (χ1) is 8.60. The molecule has 3 nitrogen and oxygen atoms in total. The first-order valence-electron chi connectivity index (χ1n) is 5.81. The average Bonchev–Trinajstić information content (AvgIpc) is 2.71. The summed E-state index contributed by atoms with van der Waals surface area (Å²) in [5.41, 5.74) is 8.66. The molecule has 18 heavy (non-hydrogen) atoms. The smallest absolute Gasteiger partial charge is 0.175 e. The van der Waals surface area contributed by atoms with Crippen LogP contribution in [0.15, 0.2) is 33.9 Å². The zero-order valence-corrected chi connectivity index (χ0v) is 12.8. The number of nitrogens with zero attached hydrogens (tertiary/aromatic N) is 1. The zero-order valence-electron chi connectivity index (χ0n) is 10.4. The molecule has 96 valence electrons. The van der Waals surface area contributed by atoms with Crippen LogP contribution < -0.4 is 5.73 Å². The molecule has 0 fully saturated rings. The molecule has 1 aromatic heterocycles. The molecule has 0 bridgehead atoms. The minimum Gasteiger partial charge on any atom is -0.335 e. The van der Waals surface area contributed by atoms with Crippen molar-refractivity contribution >= 4 is 27.7 Å². The van der Waals surface area contributed by atoms with Crippen molar-refractivity contribution < 1.29 is 0 Å². The van der Waals surface area contributed by atoms with Crippen LogP contribution in [0.3, 0.4) is 0 Å². The Kier molecular flexibility index (Phi) is 4.48. The zero-order chi connectivity index (χ0) is 13.1. The molecule has 0 unspecified atom stereocenters. The molecule has 0 saturated carbocycles. The van der Waals surface area contributed by atoms with Crippen molar-refractivity contribution in [2.45, 2.75) is 30.5 Å². The highest BCUT2D eigenvalue weighted by Gasteiger charge is 2.09. The number of aromatic nitrogens is 2. The first kappa shape index (κ1) is 13.6. The second-order valence-corrected chi connectivity index (χ2v) is 6.65. The van der Waals surface area contributed by atoms with Crippen molar-refractivity contribution in [1.82, 2.24) is 9.97 Å². The number of imidazole rings is 1. The lowest BCUT2D eigenvalue weighted by atomic mass is 10.1. The first-order valence-corrected chi connectivity index (χ1v) is 7.49. The van der Waals surface area contributed by atoms with E-state index in [9.17, 15) is 0 Å². The molecule has 0 saturated heterocycles. The minimum absolute atomic E-state index is 0.455. The average molecular weight is 326 g/mol. The molecule has 0 aliphatic carbocycles. The number of halogens is 1. The number of hydrogen-bond acceptors (Lipinski definition) is 3. The van der Waals surface area contributed by atoms with Gasteiger partial charge in [-0.15, -0.1) is 11.8 Å². The number of nitrogens with one attached hydrogen (secondary N) is 1.